The van der Waals surface area contributed by atoms with Gasteiger partial charge in [0.15, 0.2) is 12.2 Å². The lowest BCUT2D eigenvalue weighted by atomic mass is 10.2. The molecule has 3 nitrogen and oxygen atoms in total. The Balaban J connectivity index is 2.46. The van der Waals surface area contributed by atoms with Gasteiger partial charge in [0.25, 0.3) is 0 Å². The zero-order valence-corrected chi connectivity index (χ0v) is 7.47. The highest BCUT2D eigenvalue weighted by molar-refractivity contribution is 7.13. The maximum atomic E-state index is 5.26. The molecule has 0 aliphatic rings. The molecule has 0 bridgehead atoms. The predicted octanol–water partition coefficient (Wildman–Crippen LogP) is 2.36. The molecule has 12 heavy (non-hydrogen) atoms. The van der Waals surface area contributed by atoms with Crippen LogP contribution in [-0.2, 0) is 6.42 Å². The van der Waals surface area contributed by atoms with E-state index in [4.69, 9.17) is 4.42 Å². The van der Waals surface area contributed by atoms with Crippen LogP contribution in [0.15, 0.2) is 22.5 Å². The second kappa shape index (κ2) is 3.06. The Morgan fingerprint density at radius 2 is 2.50 bits per heavy atom. The van der Waals surface area contributed by atoms with Gasteiger partial charge in [-0.05, 0) is 6.42 Å². The average molecular weight is 180 g/mol. The van der Waals surface area contributed by atoms with Gasteiger partial charge in [-0.1, -0.05) is 6.92 Å². The lowest BCUT2D eigenvalue weighted by molar-refractivity contribution is 0.572. The molecule has 0 aromatic carbocycles. The van der Waals surface area contributed by atoms with E-state index >= 15 is 0 Å². The minimum atomic E-state index is 0.861. The zero-order chi connectivity index (χ0) is 8.39. The number of nitrogens with zero attached hydrogens (tertiary/aromatic N) is 2. The smallest absolute Gasteiger partial charge is 0.181 e. The Morgan fingerprint density at radius 3 is 3.17 bits per heavy atom. The molecule has 0 N–H and O–H groups in total. The average Bonchev–Trinajstić information content (AvgIpc) is 2.74. The fraction of sp³-hybridized carbons (Fsp3) is 0.250. The van der Waals surface area contributed by atoms with Gasteiger partial charge in [0.2, 0.25) is 0 Å². The molecule has 0 spiro atoms. The second-order valence-corrected chi connectivity index (χ2v) is 3.23. The summed E-state index contributed by atoms with van der Waals surface area (Å²) in [6.07, 6.45) is 4.17. The third-order valence-electron chi connectivity index (χ3n) is 1.63. The normalized spacial score (nSPS) is 10.4. The van der Waals surface area contributed by atoms with Crippen LogP contribution in [0.5, 0.6) is 0 Å². The minimum absolute atomic E-state index is 0.861. The van der Waals surface area contributed by atoms with Crippen LogP contribution in [0.25, 0.3) is 10.6 Å². The summed E-state index contributed by atoms with van der Waals surface area (Å²) in [5, 5.41) is 0. The van der Waals surface area contributed by atoms with Gasteiger partial charge < -0.3 is 4.42 Å². The van der Waals surface area contributed by atoms with Gasteiger partial charge in [0.05, 0.1) is 16.1 Å². The topological polar surface area (TPSA) is 38.9 Å². The molecule has 0 aliphatic carbocycles. The van der Waals surface area contributed by atoms with E-state index in [1.807, 2.05) is 0 Å². The van der Waals surface area contributed by atoms with E-state index in [2.05, 4.69) is 16.9 Å². The summed E-state index contributed by atoms with van der Waals surface area (Å²) in [6, 6.07) is 0. The van der Waals surface area contributed by atoms with E-state index in [1.165, 1.54) is 6.39 Å². The van der Waals surface area contributed by atoms with Crippen molar-refractivity contribution in [3.05, 3.63) is 23.8 Å². The van der Waals surface area contributed by atoms with Crippen LogP contribution in [0.3, 0.4) is 0 Å². The van der Waals surface area contributed by atoms with E-state index in [9.17, 15) is 0 Å². The van der Waals surface area contributed by atoms with Crippen molar-refractivity contribution in [1.82, 2.24) is 9.97 Å². The summed E-state index contributed by atoms with van der Waals surface area (Å²) in [6.45, 7) is 2.06. The van der Waals surface area contributed by atoms with Crippen LogP contribution < -0.4 is 0 Å². The molecule has 0 amide bonds. The van der Waals surface area contributed by atoms with Crippen LogP contribution >= 0.6 is 11.3 Å². The predicted molar refractivity (Wildman–Crippen MR) is 47.0 cm³/mol. The molecule has 2 heterocycles. The molecule has 0 aliphatic heterocycles. The monoisotopic (exact) mass is 180 g/mol. The third kappa shape index (κ3) is 1.14. The van der Waals surface area contributed by atoms with Gasteiger partial charge in [0.1, 0.15) is 0 Å². The van der Waals surface area contributed by atoms with Crippen molar-refractivity contribution in [2.45, 2.75) is 13.3 Å². The molecule has 0 fully saturated rings. The molecule has 0 radical (unpaired) electrons. The maximum absolute atomic E-state index is 5.26. The second-order valence-electron chi connectivity index (χ2n) is 2.35. The summed E-state index contributed by atoms with van der Waals surface area (Å²) in [7, 11) is 0. The first-order valence-corrected chi connectivity index (χ1v) is 4.61. The van der Waals surface area contributed by atoms with Crippen molar-refractivity contribution in [1.29, 1.82) is 0 Å². The number of aromatic nitrogens is 2. The first-order chi connectivity index (χ1) is 5.92. The number of hydrogen-bond acceptors (Lipinski definition) is 4. The first kappa shape index (κ1) is 7.49. The first-order valence-electron chi connectivity index (χ1n) is 3.73. The molecule has 62 valence electrons. The summed E-state index contributed by atoms with van der Waals surface area (Å²) >= 11 is 1.57. The molecule has 0 atom stereocenters. The molecular formula is C8H8N2OS. The summed E-state index contributed by atoms with van der Waals surface area (Å²) < 4.78 is 5.26. The summed E-state index contributed by atoms with van der Waals surface area (Å²) in [5.74, 6) is 0.861. The third-order valence-corrected chi connectivity index (χ3v) is 2.40. The molecule has 2 aromatic heterocycles. The zero-order valence-electron chi connectivity index (χ0n) is 6.65. The van der Waals surface area contributed by atoms with Crippen molar-refractivity contribution >= 4 is 11.3 Å². The standard InChI is InChI=1S/C8H8N2OS/c1-2-6-8(11-4-10-6)7-3-9-5-12-7/h3-5H,2H2,1H3. The molecule has 2 aromatic rings. The van der Waals surface area contributed by atoms with E-state index in [0.29, 0.717) is 0 Å². The number of thiazole rings is 1. The Kier molecular flexibility index (Phi) is 1.91. The Morgan fingerprint density at radius 1 is 1.58 bits per heavy atom. The van der Waals surface area contributed by atoms with Gasteiger partial charge in [0, 0.05) is 6.20 Å². The van der Waals surface area contributed by atoms with Crippen molar-refractivity contribution in [3.8, 4) is 10.6 Å². The number of oxazole rings is 1. The van der Waals surface area contributed by atoms with Crippen molar-refractivity contribution in [3.63, 3.8) is 0 Å². The quantitative estimate of drug-likeness (QED) is 0.712. The van der Waals surface area contributed by atoms with E-state index < -0.39 is 0 Å². The number of rotatable bonds is 2. The molecule has 4 heteroatoms. The van der Waals surface area contributed by atoms with Crippen LogP contribution in [0.4, 0.5) is 0 Å². The highest BCUT2D eigenvalue weighted by Crippen LogP contribution is 2.26. The molecule has 0 saturated heterocycles. The summed E-state index contributed by atoms with van der Waals surface area (Å²) in [4.78, 5) is 9.13. The van der Waals surface area contributed by atoms with Gasteiger partial charge in [-0.2, -0.15) is 0 Å². The van der Waals surface area contributed by atoms with Gasteiger partial charge >= 0.3 is 0 Å². The fourth-order valence-electron chi connectivity index (χ4n) is 1.05. The van der Waals surface area contributed by atoms with Crippen molar-refractivity contribution in [2.75, 3.05) is 0 Å². The van der Waals surface area contributed by atoms with Crippen molar-refractivity contribution in [2.24, 2.45) is 0 Å². The maximum Gasteiger partial charge on any atom is 0.181 e. The largest absolute Gasteiger partial charge is 0.442 e. The van der Waals surface area contributed by atoms with Crippen LogP contribution in [0.1, 0.15) is 12.6 Å². The molecular weight excluding hydrogens is 172 g/mol. The molecule has 0 unspecified atom stereocenters. The minimum Gasteiger partial charge on any atom is -0.442 e. The highest BCUT2D eigenvalue weighted by atomic mass is 32.1. The van der Waals surface area contributed by atoms with Gasteiger partial charge in [-0.15, -0.1) is 11.3 Å². The lowest BCUT2D eigenvalue weighted by Gasteiger charge is -1.91. The fourth-order valence-corrected chi connectivity index (χ4v) is 1.68. The number of hydrogen-bond donors (Lipinski definition) is 0. The van der Waals surface area contributed by atoms with Crippen LogP contribution in [-0.4, -0.2) is 9.97 Å². The van der Waals surface area contributed by atoms with E-state index in [-0.39, 0.29) is 0 Å². The lowest BCUT2D eigenvalue weighted by Crippen LogP contribution is -1.81. The summed E-state index contributed by atoms with van der Waals surface area (Å²) in [5.41, 5.74) is 2.79. The van der Waals surface area contributed by atoms with Crippen LogP contribution in [0, 0.1) is 0 Å². The van der Waals surface area contributed by atoms with Crippen LogP contribution in [0.2, 0.25) is 0 Å². The Bertz CT molecular complexity index is 353. The van der Waals surface area contributed by atoms with E-state index in [1.54, 1.807) is 23.0 Å². The van der Waals surface area contributed by atoms with E-state index in [0.717, 1.165) is 22.8 Å². The van der Waals surface area contributed by atoms with Crippen molar-refractivity contribution < 1.29 is 4.42 Å². The molecule has 0 saturated carbocycles. The van der Waals surface area contributed by atoms with Gasteiger partial charge in [-0.3, -0.25) is 4.98 Å². The highest BCUT2D eigenvalue weighted by Gasteiger charge is 2.09. The Labute approximate surface area is 74.1 Å². The SMILES string of the molecule is CCc1ncoc1-c1cncs1. The molecule has 2 rings (SSSR count). The van der Waals surface area contributed by atoms with Gasteiger partial charge in [-0.25, -0.2) is 4.98 Å². The number of aryl methyl sites for hydroxylation is 1. The Hall–Kier alpha value is -1.16.